The van der Waals surface area contributed by atoms with E-state index in [1.807, 2.05) is 0 Å². The molecule has 0 aliphatic carbocycles. The molecule has 0 aliphatic rings. The fourth-order valence-electron chi connectivity index (χ4n) is 1.16. The molecule has 3 heteroatoms. The molecule has 1 N–H and O–H groups in total. The Hall–Kier alpha value is -0.570. The molecule has 0 aromatic carbocycles. The van der Waals surface area contributed by atoms with Crippen LogP contribution < -0.4 is 0 Å². The first-order valence-corrected chi connectivity index (χ1v) is 4.42. The molecule has 0 aromatic heterocycles. The highest BCUT2D eigenvalue weighted by Gasteiger charge is 2.09. The van der Waals surface area contributed by atoms with Crippen LogP contribution in [0.5, 0.6) is 0 Å². The van der Waals surface area contributed by atoms with E-state index in [0.717, 1.165) is 19.3 Å². The normalized spacial score (nSPS) is 12.6. The van der Waals surface area contributed by atoms with Crippen LogP contribution in [0.2, 0.25) is 0 Å². The molecule has 3 nitrogen and oxygen atoms in total. The van der Waals surface area contributed by atoms with Crippen molar-refractivity contribution in [3.63, 3.8) is 0 Å². The average Bonchev–Trinajstić information content (AvgIpc) is 2.11. The summed E-state index contributed by atoms with van der Waals surface area (Å²) in [5.74, 6) is 0.0682. The number of rotatable bonds is 6. The Morgan fingerprint density at radius 1 is 1.50 bits per heavy atom. The molecule has 0 unspecified atom stereocenters. The van der Waals surface area contributed by atoms with Crippen LogP contribution >= 0.6 is 0 Å². The van der Waals surface area contributed by atoms with Crippen molar-refractivity contribution >= 4 is 5.97 Å². The van der Waals surface area contributed by atoms with E-state index in [1.165, 1.54) is 7.11 Å². The highest BCUT2D eigenvalue weighted by molar-refractivity contribution is 5.69. The van der Waals surface area contributed by atoms with E-state index in [4.69, 9.17) is 5.11 Å². The third-order valence-electron chi connectivity index (χ3n) is 1.94. The van der Waals surface area contributed by atoms with Crippen molar-refractivity contribution < 1.29 is 14.6 Å². The van der Waals surface area contributed by atoms with E-state index in [-0.39, 0.29) is 18.5 Å². The number of esters is 1. The Bertz CT molecular complexity index is 123. The van der Waals surface area contributed by atoms with Crippen molar-refractivity contribution in [2.24, 2.45) is 5.92 Å². The average molecular weight is 174 g/mol. The van der Waals surface area contributed by atoms with Gasteiger partial charge in [-0.3, -0.25) is 4.79 Å². The van der Waals surface area contributed by atoms with Gasteiger partial charge in [-0.05, 0) is 18.8 Å². The van der Waals surface area contributed by atoms with E-state index >= 15 is 0 Å². The van der Waals surface area contributed by atoms with Crippen molar-refractivity contribution in [1.82, 2.24) is 0 Å². The van der Waals surface area contributed by atoms with Crippen LogP contribution in [0.3, 0.4) is 0 Å². The first-order chi connectivity index (χ1) is 5.74. The van der Waals surface area contributed by atoms with E-state index in [2.05, 4.69) is 11.7 Å². The number of hydrogen-bond acceptors (Lipinski definition) is 3. The minimum atomic E-state index is -0.190. The van der Waals surface area contributed by atoms with Crippen LogP contribution in [0.25, 0.3) is 0 Å². The zero-order valence-corrected chi connectivity index (χ0v) is 7.88. The smallest absolute Gasteiger partial charge is 0.305 e. The monoisotopic (exact) mass is 174 g/mol. The first kappa shape index (κ1) is 11.4. The molecule has 0 rings (SSSR count). The highest BCUT2D eigenvalue weighted by atomic mass is 16.5. The van der Waals surface area contributed by atoms with Gasteiger partial charge < -0.3 is 9.84 Å². The second kappa shape index (κ2) is 7.10. The lowest BCUT2D eigenvalue weighted by Gasteiger charge is -2.10. The fourth-order valence-corrected chi connectivity index (χ4v) is 1.16. The number of aliphatic hydroxyl groups excluding tert-OH is 1. The van der Waals surface area contributed by atoms with Gasteiger partial charge in [0.05, 0.1) is 7.11 Å². The zero-order chi connectivity index (χ0) is 9.40. The summed E-state index contributed by atoms with van der Waals surface area (Å²) in [5.41, 5.74) is 0. The van der Waals surface area contributed by atoms with Crippen LogP contribution in [0.4, 0.5) is 0 Å². The molecule has 0 amide bonds. The highest BCUT2D eigenvalue weighted by Crippen LogP contribution is 2.12. The maximum atomic E-state index is 10.7. The van der Waals surface area contributed by atoms with Gasteiger partial charge in [-0.25, -0.2) is 0 Å². The maximum absolute atomic E-state index is 10.7. The lowest BCUT2D eigenvalue weighted by molar-refractivity contribution is -0.141. The molecular weight excluding hydrogens is 156 g/mol. The van der Waals surface area contributed by atoms with Crippen molar-refractivity contribution in [2.45, 2.75) is 32.6 Å². The molecule has 0 spiro atoms. The molecule has 0 radical (unpaired) electrons. The number of aliphatic hydroxyl groups is 1. The van der Waals surface area contributed by atoms with Crippen LogP contribution in [0.1, 0.15) is 32.6 Å². The number of hydrogen-bond donors (Lipinski definition) is 1. The lowest BCUT2D eigenvalue weighted by Crippen LogP contribution is -2.09. The van der Waals surface area contributed by atoms with Crippen molar-refractivity contribution in [3.05, 3.63) is 0 Å². The minimum absolute atomic E-state index is 0.171. The van der Waals surface area contributed by atoms with Gasteiger partial charge in [-0.1, -0.05) is 13.3 Å². The molecule has 0 saturated carbocycles. The molecule has 0 heterocycles. The minimum Gasteiger partial charge on any atom is -0.469 e. The lowest BCUT2D eigenvalue weighted by atomic mass is 9.99. The summed E-state index contributed by atoms with van der Waals surface area (Å²) in [6.07, 6.45) is 3.18. The number of methoxy groups -OCH3 is 1. The van der Waals surface area contributed by atoms with Gasteiger partial charge >= 0.3 is 5.97 Å². The summed E-state index contributed by atoms with van der Waals surface area (Å²) in [6, 6.07) is 0. The van der Waals surface area contributed by atoms with Gasteiger partial charge in [0.25, 0.3) is 0 Å². The van der Waals surface area contributed by atoms with Gasteiger partial charge in [0.2, 0.25) is 0 Å². The molecule has 0 aromatic rings. The van der Waals surface area contributed by atoms with Crippen LogP contribution in [0, 0.1) is 5.92 Å². The first-order valence-electron chi connectivity index (χ1n) is 4.42. The van der Waals surface area contributed by atoms with Crippen LogP contribution in [-0.4, -0.2) is 24.8 Å². The Kier molecular flexibility index (Phi) is 6.76. The molecule has 72 valence electrons. The molecule has 1 atom stereocenters. The predicted octanol–water partition coefficient (Wildman–Crippen LogP) is 1.35. The summed E-state index contributed by atoms with van der Waals surface area (Å²) in [7, 11) is 1.39. The summed E-state index contributed by atoms with van der Waals surface area (Å²) >= 11 is 0. The third-order valence-corrected chi connectivity index (χ3v) is 1.94. The third kappa shape index (κ3) is 5.13. The second-order valence-electron chi connectivity index (χ2n) is 2.95. The number of carbonyl (C=O) groups is 1. The molecule has 12 heavy (non-hydrogen) atoms. The van der Waals surface area contributed by atoms with E-state index in [9.17, 15) is 4.79 Å². The molecule has 0 aliphatic heterocycles. The van der Waals surface area contributed by atoms with Crippen LogP contribution in [0.15, 0.2) is 0 Å². The van der Waals surface area contributed by atoms with E-state index in [0.29, 0.717) is 6.42 Å². The zero-order valence-electron chi connectivity index (χ0n) is 7.88. The summed E-state index contributed by atoms with van der Waals surface area (Å²) in [4.78, 5) is 10.7. The summed E-state index contributed by atoms with van der Waals surface area (Å²) in [6.45, 7) is 2.24. The van der Waals surface area contributed by atoms with Gasteiger partial charge in [0.15, 0.2) is 0 Å². The Balaban J connectivity index is 3.50. The standard InChI is InChI=1S/C9H18O3/c1-3-4-8(7-10)5-6-9(11)12-2/h8,10H,3-7H2,1-2H3/t8-/m0/s1. The SMILES string of the molecule is CCC[C@H](CO)CCC(=O)OC. The van der Waals surface area contributed by atoms with Gasteiger partial charge in [0.1, 0.15) is 0 Å². The molecule has 0 saturated heterocycles. The fraction of sp³-hybridized carbons (Fsp3) is 0.889. The summed E-state index contributed by atoms with van der Waals surface area (Å²) in [5, 5.41) is 8.89. The Morgan fingerprint density at radius 3 is 2.58 bits per heavy atom. The van der Waals surface area contributed by atoms with Gasteiger partial charge in [-0.2, -0.15) is 0 Å². The number of carbonyl (C=O) groups excluding carboxylic acids is 1. The topological polar surface area (TPSA) is 46.5 Å². The summed E-state index contributed by atoms with van der Waals surface area (Å²) < 4.78 is 4.50. The van der Waals surface area contributed by atoms with Gasteiger partial charge in [0, 0.05) is 13.0 Å². The largest absolute Gasteiger partial charge is 0.469 e. The Labute approximate surface area is 73.7 Å². The van der Waals surface area contributed by atoms with Gasteiger partial charge in [-0.15, -0.1) is 0 Å². The molecule has 0 fully saturated rings. The van der Waals surface area contributed by atoms with Crippen molar-refractivity contribution in [1.29, 1.82) is 0 Å². The maximum Gasteiger partial charge on any atom is 0.305 e. The van der Waals surface area contributed by atoms with Crippen molar-refractivity contribution in [2.75, 3.05) is 13.7 Å². The quantitative estimate of drug-likeness (QED) is 0.618. The molecule has 0 bridgehead atoms. The Morgan fingerprint density at radius 2 is 2.17 bits per heavy atom. The predicted molar refractivity (Wildman–Crippen MR) is 46.7 cm³/mol. The number of ether oxygens (including phenoxy) is 1. The second-order valence-corrected chi connectivity index (χ2v) is 2.95. The molecular formula is C9H18O3. The van der Waals surface area contributed by atoms with E-state index in [1.54, 1.807) is 0 Å². The van der Waals surface area contributed by atoms with E-state index < -0.39 is 0 Å². The van der Waals surface area contributed by atoms with Crippen molar-refractivity contribution in [3.8, 4) is 0 Å². The van der Waals surface area contributed by atoms with Crippen LogP contribution in [-0.2, 0) is 9.53 Å².